The fraction of sp³-hybridized carbons (Fsp3) is 0.125. The molecule has 2 aromatic carbocycles. The van der Waals surface area contributed by atoms with Crippen LogP contribution in [0, 0.1) is 0 Å². The molecular weight excluding hydrogens is 282 g/mol. The van der Waals surface area contributed by atoms with E-state index in [1.807, 2.05) is 0 Å². The summed E-state index contributed by atoms with van der Waals surface area (Å²) in [6.07, 6.45) is 0. The first kappa shape index (κ1) is 15.4. The molecular formula is C16H17N3O3. The zero-order valence-electron chi connectivity index (χ0n) is 12.3. The zero-order chi connectivity index (χ0) is 16.1. The van der Waals surface area contributed by atoms with Crippen molar-refractivity contribution >= 4 is 29.0 Å². The van der Waals surface area contributed by atoms with E-state index in [1.54, 1.807) is 43.4 Å². The lowest BCUT2D eigenvalue weighted by atomic mass is 10.2. The van der Waals surface area contributed by atoms with E-state index in [0.29, 0.717) is 17.1 Å². The number of phenols is 1. The van der Waals surface area contributed by atoms with Crippen LogP contribution in [0.1, 0.15) is 6.92 Å². The number of amides is 3. The van der Waals surface area contributed by atoms with E-state index in [0.717, 1.165) is 0 Å². The number of benzene rings is 2. The van der Waals surface area contributed by atoms with Gasteiger partial charge in [-0.1, -0.05) is 6.07 Å². The fourth-order valence-corrected chi connectivity index (χ4v) is 1.88. The molecule has 6 nitrogen and oxygen atoms in total. The molecule has 0 aromatic heterocycles. The Kier molecular flexibility index (Phi) is 4.63. The number of carbonyl (C=O) groups excluding carboxylic acids is 2. The Balaban J connectivity index is 2.08. The molecule has 0 aliphatic carbocycles. The summed E-state index contributed by atoms with van der Waals surface area (Å²) in [5, 5.41) is 14.7. The van der Waals surface area contributed by atoms with Crippen molar-refractivity contribution in [2.45, 2.75) is 6.92 Å². The van der Waals surface area contributed by atoms with Crippen LogP contribution in [0.4, 0.5) is 21.9 Å². The number of phenolic OH excluding ortho intramolecular Hbond substituents is 1. The molecule has 0 aliphatic rings. The van der Waals surface area contributed by atoms with Gasteiger partial charge in [0.1, 0.15) is 5.75 Å². The summed E-state index contributed by atoms with van der Waals surface area (Å²) < 4.78 is 0. The van der Waals surface area contributed by atoms with Crippen molar-refractivity contribution in [1.29, 1.82) is 0 Å². The Morgan fingerprint density at radius 2 is 1.59 bits per heavy atom. The first-order valence-corrected chi connectivity index (χ1v) is 6.67. The smallest absolute Gasteiger partial charge is 0.326 e. The van der Waals surface area contributed by atoms with E-state index in [4.69, 9.17) is 0 Å². The lowest BCUT2D eigenvalue weighted by molar-refractivity contribution is -0.114. The summed E-state index contributed by atoms with van der Waals surface area (Å²) in [6.45, 7) is 1.42. The lowest BCUT2D eigenvalue weighted by Gasteiger charge is -2.18. The van der Waals surface area contributed by atoms with Gasteiger partial charge in [-0.25, -0.2) is 4.79 Å². The summed E-state index contributed by atoms with van der Waals surface area (Å²) in [5.41, 5.74) is 1.83. The van der Waals surface area contributed by atoms with Crippen molar-refractivity contribution in [3.8, 4) is 5.75 Å². The molecule has 0 aliphatic heterocycles. The average Bonchev–Trinajstić information content (AvgIpc) is 2.47. The molecule has 3 N–H and O–H groups in total. The molecule has 0 unspecified atom stereocenters. The maximum atomic E-state index is 12.2. The van der Waals surface area contributed by atoms with Crippen LogP contribution in [0.5, 0.6) is 5.75 Å². The number of urea groups is 1. The normalized spacial score (nSPS) is 9.91. The van der Waals surface area contributed by atoms with Crippen molar-refractivity contribution in [3.05, 3.63) is 48.5 Å². The highest BCUT2D eigenvalue weighted by Crippen LogP contribution is 2.19. The van der Waals surface area contributed by atoms with Gasteiger partial charge in [0.25, 0.3) is 0 Å². The molecule has 0 radical (unpaired) electrons. The average molecular weight is 299 g/mol. The molecule has 2 aromatic rings. The Morgan fingerprint density at radius 3 is 2.18 bits per heavy atom. The first-order valence-electron chi connectivity index (χ1n) is 6.67. The van der Waals surface area contributed by atoms with Gasteiger partial charge in [-0.15, -0.1) is 0 Å². The Hall–Kier alpha value is -3.02. The fourth-order valence-electron chi connectivity index (χ4n) is 1.88. The third-order valence-electron chi connectivity index (χ3n) is 2.98. The highest BCUT2D eigenvalue weighted by atomic mass is 16.3. The van der Waals surface area contributed by atoms with Gasteiger partial charge in [-0.3, -0.25) is 9.69 Å². The molecule has 0 fully saturated rings. The molecule has 0 spiro atoms. The standard InChI is InChI=1S/C16H17N3O3/c1-11(20)17-12-4-3-5-13(10-12)18-16(22)19(2)14-6-8-15(21)9-7-14/h3-10,21H,1-2H3,(H,17,20)(H,18,22). The second-order valence-corrected chi connectivity index (χ2v) is 4.77. The first-order chi connectivity index (χ1) is 10.5. The van der Waals surface area contributed by atoms with Crippen molar-refractivity contribution < 1.29 is 14.7 Å². The number of nitrogens with zero attached hydrogens (tertiary/aromatic N) is 1. The molecule has 22 heavy (non-hydrogen) atoms. The monoisotopic (exact) mass is 299 g/mol. The van der Waals surface area contributed by atoms with Crippen LogP contribution < -0.4 is 15.5 Å². The molecule has 3 amide bonds. The second-order valence-electron chi connectivity index (χ2n) is 4.77. The third kappa shape index (κ3) is 3.99. The molecule has 0 bridgehead atoms. The van der Waals surface area contributed by atoms with Gasteiger partial charge < -0.3 is 15.7 Å². The Labute approximate surface area is 128 Å². The third-order valence-corrected chi connectivity index (χ3v) is 2.98. The van der Waals surface area contributed by atoms with Crippen LogP contribution >= 0.6 is 0 Å². The van der Waals surface area contributed by atoms with E-state index in [9.17, 15) is 14.7 Å². The van der Waals surface area contributed by atoms with Crippen LogP contribution in [0.15, 0.2) is 48.5 Å². The van der Waals surface area contributed by atoms with E-state index >= 15 is 0 Å². The largest absolute Gasteiger partial charge is 0.508 e. The number of hydrogen-bond donors (Lipinski definition) is 3. The van der Waals surface area contributed by atoms with Crippen LogP contribution in [-0.2, 0) is 4.79 Å². The Morgan fingerprint density at radius 1 is 1.00 bits per heavy atom. The van der Waals surface area contributed by atoms with Crippen molar-refractivity contribution in [1.82, 2.24) is 0 Å². The van der Waals surface area contributed by atoms with E-state index < -0.39 is 0 Å². The van der Waals surface area contributed by atoms with Gasteiger partial charge in [0.15, 0.2) is 0 Å². The SMILES string of the molecule is CC(=O)Nc1cccc(NC(=O)N(C)c2ccc(O)cc2)c1. The maximum Gasteiger partial charge on any atom is 0.326 e. The van der Waals surface area contributed by atoms with Crippen LogP contribution in [-0.4, -0.2) is 24.1 Å². The van der Waals surface area contributed by atoms with E-state index in [2.05, 4.69) is 10.6 Å². The zero-order valence-corrected chi connectivity index (χ0v) is 12.3. The molecule has 0 heterocycles. The summed E-state index contributed by atoms with van der Waals surface area (Å²) in [5.74, 6) is -0.0368. The minimum Gasteiger partial charge on any atom is -0.508 e. The van der Waals surface area contributed by atoms with Crippen LogP contribution in [0.2, 0.25) is 0 Å². The number of anilines is 3. The van der Waals surface area contributed by atoms with Gasteiger partial charge in [0, 0.05) is 31.0 Å². The number of hydrogen-bond acceptors (Lipinski definition) is 3. The van der Waals surface area contributed by atoms with E-state index in [1.165, 1.54) is 24.0 Å². The summed E-state index contributed by atoms with van der Waals surface area (Å²) >= 11 is 0. The molecule has 114 valence electrons. The van der Waals surface area contributed by atoms with Gasteiger partial charge >= 0.3 is 6.03 Å². The second kappa shape index (κ2) is 6.62. The minimum absolute atomic E-state index is 0.139. The van der Waals surface area contributed by atoms with Gasteiger partial charge in [0.05, 0.1) is 0 Å². The minimum atomic E-state index is -0.328. The molecule has 0 saturated carbocycles. The predicted octanol–water partition coefficient (Wildman–Crippen LogP) is 3.02. The van der Waals surface area contributed by atoms with Gasteiger partial charge in [-0.2, -0.15) is 0 Å². The number of aromatic hydroxyl groups is 1. The van der Waals surface area contributed by atoms with Crippen molar-refractivity contribution in [2.75, 3.05) is 22.6 Å². The van der Waals surface area contributed by atoms with Crippen molar-refractivity contribution in [2.24, 2.45) is 0 Å². The molecule has 0 atom stereocenters. The number of nitrogens with one attached hydrogen (secondary N) is 2. The predicted molar refractivity (Wildman–Crippen MR) is 86.3 cm³/mol. The summed E-state index contributed by atoms with van der Waals surface area (Å²) in [4.78, 5) is 24.7. The Bertz CT molecular complexity index is 683. The number of carbonyl (C=O) groups is 2. The molecule has 0 saturated heterocycles. The van der Waals surface area contributed by atoms with Crippen LogP contribution in [0.25, 0.3) is 0 Å². The van der Waals surface area contributed by atoms with E-state index in [-0.39, 0.29) is 17.7 Å². The van der Waals surface area contributed by atoms with Gasteiger partial charge in [-0.05, 0) is 42.5 Å². The van der Waals surface area contributed by atoms with Gasteiger partial charge in [0.2, 0.25) is 5.91 Å². The highest BCUT2D eigenvalue weighted by molar-refractivity contribution is 6.01. The molecule has 2 rings (SSSR count). The number of rotatable bonds is 3. The maximum absolute atomic E-state index is 12.2. The molecule has 6 heteroatoms. The highest BCUT2D eigenvalue weighted by Gasteiger charge is 2.11. The quantitative estimate of drug-likeness (QED) is 0.814. The summed E-state index contributed by atoms with van der Waals surface area (Å²) in [7, 11) is 1.62. The topological polar surface area (TPSA) is 81.7 Å². The lowest BCUT2D eigenvalue weighted by Crippen LogP contribution is -2.31. The van der Waals surface area contributed by atoms with Crippen LogP contribution in [0.3, 0.4) is 0 Å². The van der Waals surface area contributed by atoms with Crippen molar-refractivity contribution in [3.63, 3.8) is 0 Å². The summed E-state index contributed by atoms with van der Waals surface area (Å²) in [6, 6.07) is 12.9.